The molecule has 2 aliphatic rings. The summed E-state index contributed by atoms with van der Waals surface area (Å²) in [6, 6.07) is -0.458. The molecule has 1 aliphatic heterocycles. The van der Waals surface area contributed by atoms with Gasteiger partial charge in [0.25, 0.3) is 0 Å². The summed E-state index contributed by atoms with van der Waals surface area (Å²) in [4.78, 5) is 25.1. The fourth-order valence-corrected chi connectivity index (χ4v) is 2.46. The average molecular weight is 322 g/mol. The van der Waals surface area contributed by atoms with Gasteiger partial charge in [-0.2, -0.15) is 13.2 Å². The Balaban J connectivity index is 1.87. The second-order valence-corrected chi connectivity index (χ2v) is 6.97. The maximum absolute atomic E-state index is 12.9. The highest BCUT2D eigenvalue weighted by Gasteiger charge is 2.68. The van der Waals surface area contributed by atoms with Crippen molar-refractivity contribution in [3.05, 3.63) is 0 Å². The van der Waals surface area contributed by atoms with E-state index in [0.717, 1.165) is 0 Å². The summed E-state index contributed by atoms with van der Waals surface area (Å²) in [6.45, 7) is 5.74. The molecule has 22 heavy (non-hydrogen) atoms. The van der Waals surface area contributed by atoms with E-state index in [1.165, 1.54) is 4.90 Å². The smallest absolute Gasteiger partial charge is 0.410 e. The Morgan fingerprint density at radius 2 is 1.82 bits per heavy atom. The zero-order chi connectivity index (χ0) is 16.8. The second-order valence-electron chi connectivity index (χ2n) is 6.97. The number of rotatable bonds is 2. The lowest BCUT2D eigenvalue weighted by molar-refractivity contribution is -0.192. The molecule has 1 heterocycles. The van der Waals surface area contributed by atoms with Crippen molar-refractivity contribution >= 4 is 12.0 Å². The van der Waals surface area contributed by atoms with Gasteiger partial charge in [-0.25, -0.2) is 4.79 Å². The first kappa shape index (κ1) is 16.9. The highest BCUT2D eigenvalue weighted by atomic mass is 19.4. The number of hydrogen-bond donors (Lipinski definition) is 1. The lowest BCUT2D eigenvalue weighted by atomic mass is 10.1. The van der Waals surface area contributed by atoms with Crippen LogP contribution in [0.2, 0.25) is 0 Å². The van der Waals surface area contributed by atoms with Crippen LogP contribution in [0.1, 0.15) is 40.0 Å². The summed E-state index contributed by atoms with van der Waals surface area (Å²) in [6.07, 6.45) is -4.92. The number of nitrogens with zero attached hydrogens (tertiary/aromatic N) is 1. The normalized spacial score (nSPS) is 24.1. The molecule has 2 rings (SSSR count). The number of ether oxygens (including phenoxy) is 1. The van der Waals surface area contributed by atoms with Gasteiger partial charge >= 0.3 is 12.3 Å². The average Bonchev–Trinajstić information content (AvgIpc) is 3.03. The number of alkyl halides is 3. The lowest BCUT2D eigenvalue weighted by Gasteiger charge is -2.25. The van der Waals surface area contributed by atoms with Crippen molar-refractivity contribution in [3.8, 4) is 0 Å². The third kappa shape index (κ3) is 3.47. The summed E-state index contributed by atoms with van der Waals surface area (Å²) in [5.74, 6) is -0.976. The van der Waals surface area contributed by atoms with Crippen molar-refractivity contribution in [2.75, 3.05) is 13.1 Å². The summed E-state index contributed by atoms with van der Waals surface area (Å²) >= 11 is 0. The molecular weight excluding hydrogens is 301 g/mol. The van der Waals surface area contributed by atoms with Gasteiger partial charge in [0.15, 0.2) is 0 Å². The highest BCUT2D eigenvalue weighted by Crippen LogP contribution is 2.57. The summed E-state index contributed by atoms with van der Waals surface area (Å²) in [5, 5.41) is 2.43. The Morgan fingerprint density at radius 1 is 1.23 bits per heavy atom. The van der Waals surface area contributed by atoms with Crippen LogP contribution in [0.4, 0.5) is 18.0 Å². The number of hydrogen-bond acceptors (Lipinski definition) is 3. The number of nitrogens with one attached hydrogen (secondary N) is 1. The molecule has 0 bridgehead atoms. The van der Waals surface area contributed by atoms with Crippen molar-refractivity contribution in [2.24, 2.45) is 5.41 Å². The Kier molecular flexibility index (Phi) is 4.08. The van der Waals surface area contributed by atoms with Gasteiger partial charge < -0.3 is 15.0 Å². The minimum Gasteiger partial charge on any atom is -0.444 e. The van der Waals surface area contributed by atoms with Crippen LogP contribution in [0.25, 0.3) is 0 Å². The second kappa shape index (κ2) is 5.31. The highest BCUT2D eigenvalue weighted by molar-refractivity contribution is 5.86. The van der Waals surface area contributed by atoms with Gasteiger partial charge in [0.2, 0.25) is 5.91 Å². The maximum Gasteiger partial charge on any atom is 0.410 e. The van der Waals surface area contributed by atoms with E-state index < -0.39 is 35.2 Å². The number of likely N-dealkylation sites (tertiary alicyclic amines) is 1. The Hall–Kier alpha value is -1.47. The largest absolute Gasteiger partial charge is 0.444 e. The zero-order valence-electron chi connectivity index (χ0n) is 12.9. The van der Waals surface area contributed by atoms with Crippen molar-refractivity contribution in [2.45, 2.75) is 57.9 Å². The predicted octanol–water partition coefficient (Wildman–Crippen LogP) is 2.45. The van der Waals surface area contributed by atoms with Gasteiger partial charge in [0, 0.05) is 19.1 Å². The van der Waals surface area contributed by atoms with Crippen LogP contribution in [0.5, 0.6) is 0 Å². The van der Waals surface area contributed by atoms with E-state index in [1.807, 2.05) is 0 Å². The van der Waals surface area contributed by atoms with E-state index in [4.69, 9.17) is 4.74 Å². The first-order chi connectivity index (χ1) is 9.95. The fourth-order valence-electron chi connectivity index (χ4n) is 2.46. The van der Waals surface area contributed by atoms with E-state index in [0.29, 0.717) is 13.0 Å². The Labute approximate surface area is 127 Å². The monoisotopic (exact) mass is 322 g/mol. The molecule has 126 valence electrons. The molecule has 1 saturated heterocycles. The van der Waals surface area contributed by atoms with Gasteiger partial charge in [0.05, 0.1) is 0 Å². The Bertz CT molecular complexity index is 467. The van der Waals surface area contributed by atoms with Gasteiger partial charge in [-0.05, 0) is 40.0 Å². The summed E-state index contributed by atoms with van der Waals surface area (Å²) in [7, 11) is 0. The van der Waals surface area contributed by atoms with E-state index in [1.54, 1.807) is 20.8 Å². The summed E-state index contributed by atoms with van der Waals surface area (Å²) < 4.78 is 43.8. The van der Waals surface area contributed by atoms with Crippen LogP contribution in [-0.2, 0) is 9.53 Å². The molecule has 0 aromatic heterocycles. The van der Waals surface area contributed by atoms with E-state index in [2.05, 4.69) is 5.32 Å². The standard InChI is InChI=1S/C14H21F3N2O3/c1-12(2,3)22-11(21)19-7-4-9(8-19)18-10(20)13(5-6-13)14(15,16)17/h9H,4-8H2,1-3H3,(H,18,20)/t9-/m0/s1. The third-order valence-electron chi connectivity index (χ3n) is 3.90. The molecule has 2 fully saturated rings. The molecule has 5 nitrogen and oxygen atoms in total. The predicted molar refractivity (Wildman–Crippen MR) is 72.1 cm³/mol. The van der Waals surface area contributed by atoms with E-state index in [-0.39, 0.29) is 19.4 Å². The van der Waals surface area contributed by atoms with Crippen molar-refractivity contribution < 1.29 is 27.5 Å². The van der Waals surface area contributed by atoms with Crippen LogP contribution in [0, 0.1) is 5.41 Å². The first-order valence-corrected chi connectivity index (χ1v) is 7.30. The number of carbonyl (C=O) groups is 2. The molecule has 1 aliphatic carbocycles. The van der Waals surface area contributed by atoms with Gasteiger partial charge in [-0.3, -0.25) is 4.79 Å². The lowest BCUT2D eigenvalue weighted by Crippen LogP contribution is -2.47. The van der Waals surface area contributed by atoms with Crippen LogP contribution < -0.4 is 5.32 Å². The first-order valence-electron chi connectivity index (χ1n) is 7.30. The van der Waals surface area contributed by atoms with Crippen LogP contribution in [0.15, 0.2) is 0 Å². The van der Waals surface area contributed by atoms with E-state index in [9.17, 15) is 22.8 Å². The topological polar surface area (TPSA) is 58.6 Å². The fraction of sp³-hybridized carbons (Fsp3) is 0.857. The molecule has 2 amide bonds. The zero-order valence-corrected chi connectivity index (χ0v) is 12.9. The molecule has 0 aromatic carbocycles. The third-order valence-corrected chi connectivity index (χ3v) is 3.90. The van der Waals surface area contributed by atoms with E-state index >= 15 is 0 Å². The number of halogens is 3. The molecule has 0 aromatic rings. The molecule has 0 unspecified atom stereocenters. The van der Waals surface area contributed by atoms with Crippen molar-refractivity contribution in [1.82, 2.24) is 10.2 Å². The minimum absolute atomic E-state index is 0.162. The van der Waals surface area contributed by atoms with Crippen LogP contribution in [0.3, 0.4) is 0 Å². The number of amides is 2. The Morgan fingerprint density at radius 3 is 2.27 bits per heavy atom. The van der Waals surface area contributed by atoms with Crippen LogP contribution >= 0.6 is 0 Å². The molecular formula is C14H21F3N2O3. The summed E-state index contributed by atoms with van der Waals surface area (Å²) in [5.41, 5.74) is -2.85. The molecule has 1 N–H and O–H groups in total. The maximum atomic E-state index is 12.9. The van der Waals surface area contributed by atoms with Crippen molar-refractivity contribution in [1.29, 1.82) is 0 Å². The molecule has 1 atom stereocenters. The molecule has 0 radical (unpaired) electrons. The van der Waals surface area contributed by atoms with Crippen LogP contribution in [-0.4, -0.2) is 47.8 Å². The molecule has 1 saturated carbocycles. The SMILES string of the molecule is CC(C)(C)OC(=O)N1CC[C@H](NC(=O)C2(C(F)(F)F)CC2)C1. The quantitative estimate of drug-likeness (QED) is 0.849. The van der Waals surface area contributed by atoms with Gasteiger partial charge in [-0.1, -0.05) is 0 Å². The van der Waals surface area contributed by atoms with Gasteiger partial charge in [-0.15, -0.1) is 0 Å². The molecule has 8 heteroatoms. The minimum atomic E-state index is -4.51. The van der Waals surface area contributed by atoms with Crippen molar-refractivity contribution in [3.63, 3.8) is 0 Å². The molecule has 0 spiro atoms. The van der Waals surface area contributed by atoms with Gasteiger partial charge in [0.1, 0.15) is 11.0 Å². The number of carbonyl (C=O) groups excluding carboxylic acids is 2.